The van der Waals surface area contributed by atoms with Crippen molar-refractivity contribution in [2.45, 2.75) is 0 Å². The highest BCUT2D eigenvalue weighted by Crippen LogP contribution is 2.19. The van der Waals surface area contributed by atoms with Crippen LogP contribution >= 0.6 is 0 Å². The first kappa shape index (κ1) is 12.0. The number of nitrogens with two attached hydrogens (primary N) is 1. The number of nitrogen functional groups attached to an aromatic ring is 1. The topological polar surface area (TPSA) is 59.2 Å². The van der Waals surface area contributed by atoms with E-state index in [9.17, 15) is 9.18 Å². The predicted octanol–water partition coefficient (Wildman–Crippen LogP) is 2.08. The molecule has 0 aliphatic rings. The first-order valence-electron chi connectivity index (χ1n) is 5.33. The molecule has 2 rings (SSSR count). The molecule has 1 heterocycles. The highest BCUT2D eigenvalue weighted by Gasteiger charge is 2.16. The Morgan fingerprint density at radius 2 is 2.11 bits per heavy atom. The molecule has 2 N–H and O–H groups in total. The fourth-order valence-corrected chi connectivity index (χ4v) is 1.60. The summed E-state index contributed by atoms with van der Waals surface area (Å²) < 4.78 is 13.1. The lowest BCUT2D eigenvalue weighted by molar-refractivity contribution is 0.0992. The number of amides is 1. The number of hydrogen-bond donors (Lipinski definition) is 1. The number of carbonyl (C=O) groups excluding carboxylic acids is 1. The van der Waals surface area contributed by atoms with Crippen LogP contribution in [0.4, 0.5) is 15.9 Å². The van der Waals surface area contributed by atoms with Gasteiger partial charge in [-0.15, -0.1) is 0 Å². The molecule has 4 nitrogen and oxygen atoms in total. The van der Waals surface area contributed by atoms with Crippen LogP contribution in [0.25, 0.3) is 0 Å². The van der Waals surface area contributed by atoms with Crippen molar-refractivity contribution in [3.8, 4) is 0 Å². The zero-order chi connectivity index (χ0) is 13.1. The van der Waals surface area contributed by atoms with Crippen LogP contribution in [0.5, 0.6) is 0 Å². The molecule has 1 aromatic carbocycles. The van der Waals surface area contributed by atoms with Crippen LogP contribution in [-0.2, 0) is 0 Å². The van der Waals surface area contributed by atoms with E-state index in [2.05, 4.69) is 4.98 Å². The number of rotatable bonds is 2. The average Bonchev–Trinajstić information content (AvgIpc) is 2.37. The van der Waals surface area contributed by atoms with E-state index < -0.39 is 5.82 Å². The van der Waals surface area contributed by atoms with Gasteiger partial charge in [-0.05, 0) is 30.3 Å². The Balaban J connectivity index is 2.32. The number of anilines is 2. The van der Waals surface area contributed by atoms with Crippen LogP contribution in [0, 0.1) is 5.82 Å². The molecule has 0 saturated carbocycles. The monoisotopic (exact) mass is 245 g/mol. The Morgan fingerprint density at radius 3 is 2.78 bits per heavy atom. The molecular formula is C13H12FN3O. The number of nitrogens with zero attached hydrogens (tertiary/aromatic N) is 2. The van der Waals surface area contributed by atoms with Gasteiger partial charge in [-0.2, -0.15) is 0 Å². The van der Waals surface area contributed by atoms with Gasteiger partial charge in [0.2, 0.25) is 0 Å². The lowest BCUT2D eigenvalue weighted by atomic mass is 10.2. The van der Waals surface area contributed by atoms with E-state index in [1.807, 2.05) is 0 Å². The zero-order valence-electron chi connectivity index (χ0n) is 9.80. The molecule has 2 aromatic rings. The molecule has 0 saturated heterocycles. The third-order valence-corrected chi connectivity index (χ3v) is 2.51. The summed E-state index contributed by atoms with van der Waals surface area (Å²) in [5.74, 6) is -0.463. The maximum Gasteiger partial charge on any atom is 0.259 e. The second-order valence-electron chi connectivity index (χ2n) is 3.79. The average molecular weight is 245 g/mol. The zero-order valence-corrected chi connectivity index (χ0v) is 9.80. The first-order chi connectivity index (χ1) is 8.59. The molecule has 0 fully saturated rings. The lowest BCUT2D eigenvalue weighted by Gasteiger charge is -2.17. The van der Waals surface area contributed by atoms with Crippen LogP contribution in [0.15, 0.2) is 42.6 Å². The van der Waals surface area contributed by atoms with Crippen LogP contribution < -0.4 is 10.6 Å². The summed E-state index contributed by atoms with van der Waals surface area (Å²) in [6.45, 7) is 0. The predicted molar refractivity (Wildman–Crippen MR) is 67.8 cm³/mol. The fourth-order valence-electron chi connectivity index (χ4n) is 1.60. The Hall–Kier alpha value is -2.43. The van der Waals surface area contributed by atoms with Crippen molar-refractivity contribution >= 4 is 17.4 Å². The number of halogens is 1. The smallest absolute Gasteiger partial charge is 0.259 e. The van der Waals surface area contributed by atoms with Gasteiger partial charge in [0.25, 0.3) is 5.91 Å². The van der Waals surface area contributed by atoms with Gasteiger partial charge in [0, 0.05) is 18.8 Å². The summed E-state index contributed by atoms with van der Waals surface area (Å²) in [6, 6.07) is 8.82. The van der Waals surface area contributed by atoms with Gasteiger partial charge >= 0.3 is 0 Å². The van der Waals surface area contributed by atoms with Crippen molar-refractivity contribution in [1.82, 2.24) is 4.98 Å². The molecule has 0 unspecified atom stereocenters. The van der Waals surface area contributed by atoms with Crippen molar-refractivity contribution in [2.24, 2.45) is 0 Å². The second-order valence-corrected chi connectivity index (χ2v) is 3.79. The van der Waals surface area contributed by atoms with Crippen LogP contribution in [0.3, 0.4) is 0 Å². The van der Waals surface area contributed by atoms with Gasteiger partial charge in [-0.3, -0.25) is 9.69 Å². The lowest BCUT2D eigenvalue weighted by Crippen LogP contribution is -2.27. The molecule has 92 valence electrons. The maximum atomic E-state index is 13.1. The van der Waals surface area contributed by atoms with Crippen molar-refractivity contribution in [3.63, 3.8) is 0 Å². The van der Waals surface area contributed by atoms with Gasteiger partial charge in [-0.25, -0.2) is 9.37 Å². The quantitative estimate of drug-likeness (QED) is 0.881. The summed E-state index contributed by atoms with van der Waals surface area (Å²) in [4.78, 5) is 17.4. The van der Waals surface area contributed by atoms with E-state index in [0.29, 0.717) is 11.5 Å². The van der Waals surface area contributed by atoms with Crippen LogP contribution in [-0.4, -0.2) is 17.9 Å². The Morgan fingerprint density at radius 1 is 1.33 bits per heavy atom. The first-order valence-corrected chi connectivity index (χ1v) is 5.33. The van der Waals surface area contributed by atoms with Gasteiger partial charge in [0.05, 0.1) is 5.69 Å². The molecule has 0 aliphatic carbocycles. The molecule has 1 aromatic heterocycles. The van der Waals surface area contributed by atoms with E-state index in [1.54, 1.807) is 31.4 Å². The fraction of sp³-hybridized carbons (Fsp3) is 0.0769. The Labute approximate surface area is 104 Å². The number of carbonyl (C=O) groups is 1. The summed E-state index contributed by atoms with van der Waals surface area (Å²) in [6.07, 6.45) is 1.54. The second kappa shape index (κ2) is 4.83. The minimum Gasteiger partial charge on any atom is -0.396 e. The molecule has 5 heteroatoms. The molecule has 1 amide bonds. The van der Waals surface area contributed by atoms with Crippen molar-refractivity contribution in [1.29, 1.82) is 0 Å². The van der Waals surface area contributed by atoms with Gasteiger partial charge in [0.1, 0.15) is 5.82 Å². The number of benzene rings is 1. The summed E-state index contributed by atoms with van der Waals surface area (Å²) >= 11 is 0. The molecule has 0 spiro atoms. The van der Waals surface area contributed by atoms with E-state index in [4.69, 9.17) is 5.73 Å². The van der Waals surface area contributed by atoms with Gasteiger partial charge in [-0.1, -0.05) is 6.07 Å². The highest BCUT2D eigenvalue weighted by atomic mass is 19.1. The maximum absolute atomic E-state index is 13.1. The van der Waals surface area contributed by atoms with Crippen molar-refractivity contribution in [3.05, 3.63) is 54.0 Å². The molecule has 0 radical (unpaired) electrons. The van der Waals surface area contributed by atoms with Crippen molar-refractivity contribution < 1.29 is 9.18 Å². The normalized spacial score (nSPS) is 10.1. The summed E-state index contributed by atoms with van der Waals surface area (Å²) in [5.41, 5.74) is 6.38. The minimum atomic E-state index is -0.455. The summed E-state index contributed by atoms with van der Waals surface area (Å²) in [7, 11) is 1.55. The third kappa shape index (κ3) is 2.29. The number of aromatic nitrogens is 1. The molecule has 0 aliphatic heterocycles. The molecule has 0 atom stereocenters. The van der Waals surface area contributed by atoms with Gasteiger partial charge < -0.3 is 5.73 Å². The molecular weight excluding hydrogens is 233 g/mol. The summed E-state index contributed by atoms with van der Waals surface area (Å²) in [5, 5.41) is 0. The Kier molecular flexibility index (Phi) is 3.23. The van der Waals surface area contributed by atoms with Crippen LogP contribution in [0.2, 0.25) is 0 Å². The van der Waals surface area contributed by atoms with E-state index in [-0.39, 0.29) is 11.5 Å². The van der Waals surface area contributed by atoms with Crippen molar-refractivity contribution in [2.75, 3.05) is 17.7 Å². The highest BCUT2D eigenvalue weighted by molar-refractivity contribution is 6.06. The third-order valence-electron chi connectivity index (χ3n) is 2.51. The van der Waals surface area contributed by atoms with E-state index in [0.717, 1.165) is 0 Å². The van der Waals surface area contributed by atoms with Crippen LogP contribution in [0.1, 0.15) is 10.4 Å². The van der Waals surface area contributed by atoms with E-state index >= 15 is 0 Å². The van der Waals surface area contributed by atoms with Gasteiger partial charge in [0.15, 0.2) is 5.82 Å². The Bertz CT molecular complexity index is 586. The number of pyridine rings is 1. The number of hydrogen-bond acceptors (Lipinski definition) is 3. The molecule has 0 bridgehead atoms. The molecule has 18 heavy (non-hydrogen) atoms. The standard InChI is InChI=1S/C13H12FN3O/c1-17(12-11(15)6-3-7-16-12)13(18)9-4-2-5-10(14)8-9/h2-8H,15H2,1H3. The van der Waals surface area contributed by atoms with E-state index in [1.165, 1.54) is 23.1 Å². The SMILES string of the molecule is CN(C(=O)c1cccc(F)c1)c1ncccc1N. The minimum absolute atomic E-state index is 0.252. The largest absolute Gasteiger partial charge is 0.396 e.